The molecule has 1 unspecified atom stereocenters. The van der Waals surface area contributed by atoms with Crippen LogP contribution in [0.25, 0.3) is 11.3 Å². The summed E-state index contributed by atoms with van der Waals surface area (Å²) in [6, 6.07) is 1.26. The minimum absolute atomic E-state index is 0.182. The molecule has 0 radical (unpaired) electrons. The fourth-order valence-electron chi connectivity index (χ4n) is 2.08. The molecule has 0 bridgehead atoms. The molecule has 3 aromatic rings. The maximum atomic E-state index is 12.2. The number of imidazole rings is 1. The maximum Gasteiger partial charge on any atom is 0.354 e. The summed E-state index contributed by atoms with van der Waals surface area (Å²) in [5, 5.41) is 5.07. The molecule has 24 heavy (non-hydrogen) atoms. The molecule has 0 spiro atoms. The van der Waals surface area contributed by atoms with Gasteiger partial charge in [-0.1, -0.05) is 0 Å². The average molecular weight is 345 g/mol. The highest BCUT2D eigenvalue weighted by molar-refractivity contribution is 7.14. The van der Waals surface area contributed by atoms with Gasteiger partial charge < -0.3 is 19.6 Å². The third-order valence-corrected chi connectivity index (χ3v) is 4.23. The van der Waals surface area contributed by atoms with Gasteiger partial charge in [-0.05, 0) is 13.0 Å². The van der Waals surface area contributed by atoms with Gasteiger partial charge in [0, 0.05) is 29.5 Å². The Bertz CT molecular complexity index is 852. The highest BCUT2D eigenvalue weighted by atomic mass is 32.1. The molecule has 3 rings (SSSR count). The number of hydrogen-bond acceptors (Lipinski definition) is 6. The van der Waals surface area contributed by atoms with Crippen molar-refractivity contribution in [2.45, 2.75) is 13.0 Å². The second-order valence-electron chi connectivity index (χ2n) is 5.01. The minimum Gasteiger partial charge on any atom is -0.464 e. The molecule has 0 aromatic carbocycles. The highest BCUT2D eigenvalue weighted by Crippen LogP contribution is 2.26. The van der Waals surface area contributed by atoms with E-state index in [0.29, 0.717) is 16.5 Å². The van der Waals surface area contributed by atoms with Crippen molar-refractivity contribution < 1.29 is 14.3 Å². The van der Waals surface area contributed by atoms with E-state index in [1.54, 1.807) is 42.5 Å². The first-order valence-electron chi connectivity index (χ1n) is 7.09. The standard InChI is InChI=1S/C15H15N5O3S/c1-9(20-4-3-16-8-20)13(21)19-15-18-12(7-24-15)10-5-11(17-6-10)14(22)23-2/h3-9,17H,1-2H3,(H,18,19,21). The zero-order valence-electron chi connectivity index (χ0n) is 13.0. The van der Waals surface area contributed by atoms with Crippen LogP contribution in [0.1, 0.15) is 23.5 Å². The van der Waals surface area contributed by atoms with Crippen molar-refractivity contribution in [2.75, 3.05) is 12.4 Å². The number of carbonyl (C=O) groups is 2. The predicted octanol–water partition coefficient (Wildman–Crippen LogP) is 2.32. The summed E-state index contributed by atoms with van der Waals surface area (Å²) < 4.78 is 6.36. The van der Waals surface area contributed by atoms with Crippen LogP contribution in [-0.4, -0.2) is 38.5 Å². The fourth-order valence-corrected chi connectivity index (χ4v) is 2.80. The number of ether oxygens (including phenoxy) is 1. The van der Waals surface area contributed by atoms with Crippen molar-refractivity contribution >= 4 is 28.3 Å². The second kappa shape index (κ2) is 6.67. The fraction of sp³-hybridized carbons (Fsp3) is 0.200. The lowest BCUT2D eigenvalue weighted by molar-refractivity contribution is -0.118. The van der Waals surface area contributed by atoms with Crippen LogP contribution in [0.2, 0.25) is 0 Å². The molecule has 0 saturated heterocycles. The van der Waals surface area contributed by atoms with Crippen molar-refractivity contribution in [1.29, 1.82) is 0 Å². The SMILES string of the molecule is COC(=O)c1cc(-c2csc(NC(=O)C(C)n3ccnc3)n2)c[nH]1. The van der Waals surface area contributed by atoms with Crippen molar-refractivity contribution in [3.8, 4) is 11.3 Å². The van der Waals surface area contributed by atoms with Crippen LogP contribution in [0, 0.1) is 0 Å². The predicted molar refractivity (Wildman–Crippen MR) is 88.8 cm³/mol. The van der Waals surface area contributed by atoms with Crippen molar-refractivity contribution in [2.24, 2.45) is 0 Å². The average Bonchev–Trinajstić information content (AvgIpc) is 3.32. The Labute approximate surface area is 141 Å². The number of esters is 1. The van der Waals surface area contributed by atoms with Crippen LogP contribution in [-0.2, 0) is 9.53 Å². The lowest BCUT2D eigenvalue weighted by atomic mass is 10.2. The Kier molecular flexibility index (Phi) is 4.43. The smallest absolute Gasteiger partial charge is 0.354 e. The summed E-state index contributed by atoms with van der Waals surface area (Å²) in [7, 11) is 1.32. The van der Waals surface area contributed by atoms with E-state index in [9.17, 15) is 9.59 Å². The van der Waals surface area contributed by atoms with E-state index < -0.39 is 12.0 Å². The molecule has 9 heteroatoms. The van der Waals surface area contributed by atoms with E-state index >= 15 is 0 Å². The molecule has 3 aromatic heterocycles. The summed E-state index contributed by atoms with van der Waals surface area (Å²) in [4.78, 5) is 34.8. The minimum atomic E-state index is -0.445. The number of thiazole rings is 1. The number of H-pyrrole nitrogens is 1. The summed E-state index contributed by atoms with van der Waals surface area (Å²) in [6.45, 7) is 1.78. The van der Waals surface area contributed by atoms with Crippen molar-refractivity contribution in [3.63, 3.8) is 0 Å². The van der Waals surface area contributed by atoms with Gasteiger partial charge in [0.25, 0.3) is 0 Å². The molecular weight excluding hydrogens is 330 g/mol. The number of aromatic amines is 1. The van der Waals surface area contributed by atoms with E-state index in [4.69, 9.17) is 0 Å². The van der Waals surface area contributed by atoms with Gasteiger partial charge in [-0.3, -0.25) is 4.79 Å². The van der Waals surface area contributed by atoms with Crippen molar-refractivity contribution in [1.82, 2.24) is 19.5 Å². The quantitative estimate of drug-likeness (QED) is 0.691. The number of amides is 1. The molecule has 0 aliphatic rings. The number of hydrogen-bond donors (Lipinski definition) is 2. The van der Waals surface area contributed by atoms with Gasteiger partial charge in [0.05, 0.1) is 19.1 Å². The Morgan fingerprint density at radius 2 is 2.29 bits per heavy atom. The van der Waals surface area contributed by atoms with Crippen molar-refractivity contribution in [3.05, 3.63) is 42.1 Å². The molecule has 0 saturated carbocycles. The van der Waals surface area contributed by atoms with Crippen LogP contribution in [0.5, 0.6) is 0 Å². The molecular formula is C15H15N5O3S. The van der Waals surface area contributed by atoms with Crippen LogP contribution in [0.4, 0.5) is 5.13 Å². The Morgan fingerprint density at radius 1 is 1.46 bits per heavy atom. The zero-order valence-corrected chi connectivity index (χ0v) is 13.8. The molecule has 2 N–H and O–H groups in total. The number of nitrogens with zero attached hydrogens (tertiary/aromatic N) is 3. The Hall–Kier alpha value is -2.94. The van der Waals surface area contributed by atoms with Crippen LogP contribution >= 0.6 is 11.3 Å². The van der Waals surface area contributed by atoms with E-state index in [0.717, 1.165) is 5.56 Å². The van der Waals surface area contributed by atoms with E-state index in [1.165, 1.54) is 18.4 Å². The molecule has 124 valence electrons. The Morgan fingerprint density at radius 3 is 3.00 bits per heavy atom. The summed E-state index contributed by atoms with van der Waals surface area (Å²) in [5.41, 5.74) is 1.76. The highest BCUT2D eigenvalue weighted by Gasteiger charge is 2.17. The topological polar surface area (TPSA) is 102 Å². The lowest BCUT2D eigenvalue weighted by Crippen LogP contribution is -2.22. The number of aromatic nitrogens is 4. The monoisotopic (exact) mass is 345 g/mol. The first kappa shape index (κ1) is 15.9. The normalized spacial score (nSPS) is 11.9. The largest absolute Gasteiger partial charge is 0.464 e. The van der Waals surface area contributed by atoms with Gasteiger partial charge >= 0.3 is 5.97 Å². The molecule has 1 amide bonds. The van der Waals surface area contributed by atoms with E-state index in [-0.39, 0.29) is 5.91 Å². The first-order valence-corrected chi connectivity index (χ1v) is 7.97. The summed E-state index contributed by atoms with van der Waals surface area (Å²) >= 11 is 1.31. The van der Waals surface area contributed by atoms with Crippen LogP contribution in [0.15, 0.2) is 36.4 Å². The molecule has 8 nitrogen and oxygen atoms in total. The van der Waals surface area contributed by atoms with Gasteiger partial charge in [0.1, 0.15) is 11.7 Å². The van der Waals surface area contributed by atoms with Gasteiger partial charge in [-0.2, -0.15) is 0 Å². The lowest BCUT2D eigenvalue weighted by Gasteiger charge is -2.11. The van der Waals surface area contributed by atoms with Gasteiger partial charge in [0.2, 0.25) is 5.91 Å². The molecule has 1 atom stereocenters. The number of rotatable bonds is 5. The molecule has 0 aliphatic heterocycles. The van der Waals surface area contributed by atoms with Crippen LogP contribution in [0.3, 0.4) is 0 Å². The van der Waals surface area contributed by atoms with E-state index in [1.807, 2.05) is 5.38 Å². The zero-order chi connectivity index (χ0) is 17.1. The number of anilines is 1. The molecule has 0 aliphatic carbocycles. The van der Waals surface area contributed by atoms with Gasteiger partial charge in [-0.25, -0.2) is 14.8 Å². The second-order valence-corrected chi connectivity index (χ2v) is 5.86. The maximum absolute atomic E-state index is 12.2. The Balaban J connectivity index is 1.70. The van der Waals surface area contributed by atoms with Gasteiger partial charge in [0.15, 0.2) is 5.13 Å². The van der Waals surface area contributed by atoms with Crippen LogP contribution < -0.4 is 5.32 Å². The van der Waals surface area contributed by atoms with Gasteiger partial charge in [-0.15, -0.1) is 11.3 Å². The van der Waals surface area contributed by atoms with E-state index in [2.05, 4.69) is 25.0 Å². The number of nitrogens with one attached hydrogen (secondary N) is 2. The third-order valence-electron chi connectivity index (χ3n) is 3.47. The third kappa shape index (κ3) is 3.20. The number of methoxy groups -OCH3 is 1. The molecule has 0 fully saturated rings. The molecule has 3 heterocycles. The first-order chi connectivity index (χ1) is 11.6. The summed E-state index contributed by atoms with van der Waals surface area (Å²) in [5.74, 6) is -0.627. The summed E-state index contributed by atoms with van der Waals surface area (Å²) in [6.07, 6.45) is 6.61. The number of carbonyl (C=O) groups excluding carboxylic acids is 2.